The molecule has 0 spiro atoms. The van der Waals surface area contributed by atoms with Gasteiger partial charge in [0.15, 0.2) is 6.29 Å². The lowest BCUT2D eigenvalue weighted by atomic mass is 10.0. The standard InChI is InChI=1S/C26H33ClN2O5/c27-21-16-20(11-12-23(21)34-24-10-4-7-15-32-24)25(30)22(17-29-13-5-6-14-29)28-26(31)33-18-19-8-2-1-3-9-19/h1-3,8-9,11-12,16,22,24-25,30H,4-7,10,13-15,17-18H2,(H,28,31)/t22-,24?,25?/m1/s1. The van der Waals surface area contributed by atoms with Crippen molar-refractivity contribution in [1.82, 2.24) is 10.2 Å². The number of amides is 1. The molecule has 2 aromatic rings. The van der Waals surface area contributed by atoms with E-state index in [1.165, 1.54) is 0 Å². The second-order valence-electron chi connectivity index (χ2n) is 8.87. The van der Waals surface area contributed by atoms with Crippen LogP contribution in [0.1, 0.15) is 49.3 Å². The third-order valence-electron chi connectivity index (χ3n) is 6.24. The van der Waals surface area contributed by atoms with Gasteiger partial charge in [0.05, 0.1) is 17.7 Å². The third-order valence-corrected chi connectivity index (χ3v) is 6.54. The van der Waals surface area contributed by atoms with E-state index in [4.69, 9.17) is 25.8 Å². The summed E-state index contributed by atoms with van der Waals surface area (Å²) < 4.78 is 16.9. The van der Waals surface area contributed by atoms with Crippen LogP contribution < -0.4 is 10.1 Å². The van der Waals surface area contributed by atoms with Gasteiger partial charge < -0.3 is 29.5 Å². The smallest absolute Gasteiger partial charge is 0.407 e. The van der Waals surface area contributed by atoms with Crippen LogP contribution in [0.15, 0.2) is 48.5 Å². The number of halogens is 1. The molecule has 0 radical (unpaired) electrons. The number of aliphatic hydroxyl groups excluding tert-OH is 1. The van der Waals surface area contributed by atoms with Crippen LogP contribution in [0.25, 0.3) is 0 Å². The second kappa shape index (κ2) is 12.4. The van der Waals surface area contributed by atoms with Gasteiger partial charge in [-0.3, -0.25) is 0 Å². The zero-order valence-corrected chi connectivity index (χ0v) is 20.1. The number of alkyl carbamates (subject to hydrolysis) is 1. The van der Waals surface area contributed by atoms with Gasteiger partial charge in [-0.25, -0.2) is 4.79 Å². The number of hydrogen-bond acceptors (Lipinski definition) is 6. The van der Waals surface area contributed by atoms with Gasteiger partial charge in [-0.1, -0.05) is 48.0 Å². The van der Waals surface area contributed by atoms with E-state index < -0.39 is 18.2 Å². The molecule has 2 heterocycles. The predicted octanol–water partition coefficient (Wildman–Crippen LogP) is 4.67. The Labute approximate surface area is 205 Å². The van der Waals surface area contributed by atoms with Gasteiger partial charge in [0, 0.05) is 13.0 Å². The summed E-state index contributed by atoms with van der Waals surface area (Å²) >= 11 is 6.48. The van der Waals surface area contributed by atoms with Gasteiger partial charge >= 0.3 is 6.09 Å². The molecule has 2 saturated heterocycles. The van der Waals surface area contributed by atoms with Crippen molar-refractivity contribution < 1.29 is 24.1 Å². The number of aliphatic hydroxyl groups is 1. The molecule has 2 aromatic carbocycles. The van der Waals surface area contributed by atoms with Crippen molar-refractivity contribution >= 4 is 17.7 Å². The number of hydrogen-bond donors (Lipinski definition) is 2. The number of nitrogens with zero attached hydrogens (tertiary/aromatic N) is 1. The molecular formula is C26H33ClN2O5. The average Bonchev–Trinajstić information content (AvgIpc) is 3.38. The molecule has 0 aliphatic carbocycles. The maximum absolute atomic E-state index is 12.6. The van der Waals surface area contributed by atoms with E-state index in [1.54, 1.807) is 18.2 Å². The summed E-state index contributed by atoms with van der Waals surface area (Å²) in [5, 5.41) is 14.5. The average molecular weight is 489 g/mol. The van der Waals surface area contributed by atoms with Crippen LogP contribution in [-0.2, 0) is 16.1 Å². The number of carbonyl (C=O) groups is 1. The molecule has 3 atom stereocenters. The third kappa shape index (κ3) is 7.09. The Morgan fingerprint density at radius 3 is 2.65 bits per heavy atom. The van der Waals surface area contributed by atoms with Gasteiger partial charge in [0.1, 0.15) is 18.5 Å². The molecule has 34 heavy (non-hydrogen) atoms. The molecule has 0 aromatic heterocycles. The maximum Gasteiger partial charge on any atom is 0.407 e. The minimum atomic E-state index is -0.956. The first-order valence-corrected chi connectivity index (χ1v) is 12.4. The first kappa shape index (κ1) is 24.8. The van der Waals surface area contributed by atoms with Crippen LogP contribution in [0, 0.1) is 0 Å². The predicted molar refractivity (Wildman–Crippen MR) is 130 cm³/mol. The Kier molecular flexibility index (Phi) is 9.04. The fourth-order valence-electron chi connectivity index (χ4n) is 4.36. The summed E-state index contributed by atoms with van der Waals surface area (Å²) in [4.78, 5) is 14.8. The summed E-state index contributed by atoms with van der Waals surface area (Å²) in [5.74, 6) is 0.524. The first-order valence-electron chi connectivity index (χ1n) is 12.0. The summed E-state index contributed by atoms with van der Waals surface area (Å²) in [6.07, 6.45) is 3.33. The van der Waals surface area contributed by atoms with Gasteiger partial charge in [-0.05, 0) is 62.0 Å². The molecule has 0 saturated carbocycles. The Bertz CT molecular complexity index is 917. The minimum Gasteiger partial charge on any atom is -0.463 e. The molecule has 1 amide bonds. The molecule has 184 valence electrons. The van der Waals surface area contributed by atoms with Crippen molar-refractivity contribution in [3.63, 3.8) is 0 Å². The summed E-state index contributed by atoms with van der Waals surface area (Å²) in [7, 11) is 0. The zero-order chi connectivity index (χ0) is 23.8. The van der Waals surface area contributed by atoms with Crippen LogP contribution >= 0.6 is 11.6 Å². The Morgan fingerprint density at radius 2 is 1.94 bits per heavy atom. The molecule has 0 bridgehead atoms. The van der Waals surface area contributed by atoms with Crippen LogP contribution in [-0.4, -0.2) is 54.7 Å². The molecule has 2 unspecified atom stereocenters. The van der Waals surface area contributed by atoms with Crippen LogP contribution in [0.5, 0.6) is 5.75 Å². The van der Waals surface area contributed by atoms with Crippen LogP contribution in [0.4, 0.5) is 4.79 Å². The van der Waals surface area contributed by atoms with E-state index in [0.717, 1.165) is 50.8 Å². The maximum atomic E-state index is 12.6. The highest BCUT2D eigenvalue weighted by atomic mass is 35.5. The highest BCUT2D eigenvalue weighted by Crippen LogP contribution is 2.31. The highest BCUT2D eigenvalue weighted by molar-refractivity contribution is 6.32. The molecule has 8 heteroatoms. The highest BCUT2D eigenvalue weighted by Gasteiger charge is 2.28. The summed E-state index contributed by atoms with van der Waals surface area (Å²) in [6, 6.07) is 14.2. The van der Waals surface area contributed by atoms with Crippen molar-refractivity contribution in [2.45, 2.75) is 57.1 Å². The van der Waals surface area contributed by atoms with Crippen molar-refractivity contribution in [1.29, 1.82) is 0 Å². The Balaban J connectivity index is 1.40. The topological polar surface area (TPSA) is 80.3 Å². The SMILES string of the molecule is O=C(N[C@H](CN1CCCC1)C(O)c1ccc(OC2CCCCO2)c(Cl)c1)OCc1ccccc1. The number of likely N-dealkylation sites (tertiary alicyclic amines) is 1. The zero-order valence-electron chi connectivity index (χ0n) is 19.3. The van der Waals surface area contributed by atoms with E-state index in [2.05, 4.69) is 10.2 Å². The van der Waals surface area contributed by atoms with E-state index in [0.29, 0.717) is 29.5 Å². The number of rotatable bonds is 9. The fraction of sp³-hybridized carbons (Fsp3) is 0.500. The lowest BCUT2D eigenvalue weighted by Crippen LogP contribution is -2.46. The Morgan fingerprint density at radius 1 is 1.15 bits per heavy atom. The minimum absolute atomic E-state index is 0.167. The molecule has 2 fully saturated rings. The van der Waals surface area contributed by atoms with E-state index >= 15 is 0 Å². The normalized spacial score (nSPS) is 20.5. The van der Waals surface area contributed by atoms with Crippen molar-refractivity contribution in [3.8, 4) is 5.75 Å². The molecule has 4 rings (SSSR count). The lowest BCUT2D eigenvalue weighted by molar-refractivity contribution is -0.105. The van der Waals surface area contributed by atoms with Gasteiger partial charge in [-0.15, -0.1) is 0 Å². The summed E-state index contributed by atoms with van der Waals surface area (Å²) in [5.41, 5.74) is 1.51. The monoisotopic (exact) mass is 488 g/mol. The number of ether oxygens (including phenoxy) is 3. The van der Waals surface area contributed by atoms with Crippen molar-refractivity contribution in [2.24, 2.45) is 0 Å². The van der Waals surface area contributed by atoms with E-state index in [-0.39, 0.29) is 12.9 Å². The van der Waals surface area contributed by atoms with Crippen LogP contribution in [0.3, 0.4) is 0 Å². The number of nitrogens with one attached hydrogen (secondary N) is 1. The number of benzene rings is 2. The van der Waals surface area contributed by atoms with Crippen molar-refractivity contribution in [3.05, 3.63) is 64.7 Å². The van der Waals surface area contributed by atoms with E-state index in [9.17, 15) is 9.90 Å². The van der Waals surface area contributed by atoms with Gasteiger partial charge in [0.2, 0.25) is 0 Å². The molecule has 7 nitrogen and oxygen atoms in total. The molecule has 2 N–H and O–H groups in total. The first-order chi connectivity index (χ1) is 16.6. The molecule has 2 aliphatic rings. The van der Waals surface area contributed by atoms with Gasteiger partial charge in [-0.2, -0.15) is 0 Å². The largest absolute Gasteiger partial charge is 0.463 e. The van der Waals surface area contributed by atoms with Crippen LogP contribution in [0.2, 0.25) is 5.02 Å². The quantitative estimate of drug-likeness (QED) is 0.534. The van der Waals surface area contributed by atoms with Crippen molar-refractivity contribution in [2.75, 3.05) is 26.2 Å². The van der Waals surface area contributed by atoms with Gasteiger partial charge in [0.25, 0.3) is 0 Å². The second-order valence-corrected chi connectivity index (χ2v) is 9.28. The molecular weight excluding hydrogens is 456 g/mol. The summed E-state index contributed by atoms with van der Waals surface area (Å²) in [6.45, 7) is 3.26. The molecule has 2 aliphatic heterocycles. The Hall–Kier alpha value is -2.32. The fourth-order valence-corrected chi connectivity index (χ4v) is 4.59. The number of carbonyl (C=O) groups excluding carboxylic acids is 1. The van der Waals surface area contributed by atoms with E-state index in [1.807, 2.05) is 30.3 Å². The lowest BCUT2D eigenvalue weighted by Gasteiger charge is -2.29.